The van der Waals surface area contributed by atoms with Crippen molar-refractivity contribution in [1.29, 1.82) is 0 Å². The minimum absolute atomic E-state index is 0.0304. The monoisotopic (exact) mass is 401 g/mol. The Morgan fingerprint density at radius 3 is 2.71 bits per heavy atom. The lowest BCUT2D eigenvalue weighted by molar-refractivity contribution is 0.0668. The Hall–Kier alpha value is -2.70. The summed E-state index contributed by atoms with van der Waals surface area (Å²) in [6, 6.07) is 13.5. The van der Waals surface area contributed by atoms with Crippen molar-refractivity contribution < 1.29 is 13.9 Å². The summed E-state index contributed by atoms with van der Waals surface area (Å²) in [5.41, 5.74) is 0.982. The van der Waals surface area contributed by atoms with Crippen molar-refractivity contribution in [2.45, 2.75) is 13.1 Å². The minimum Gasteiger partial charge on any atom is -0.383 e. The topological polar surface area (TPSA) is 47.4 Å². The number of ether oxygens (including phenoxy) is 1. The van der Waals surface area contributed by atoms with E-state index in [1.165, 1.54) is 17.0 Å². The van der Waals surface area contributed by atoms with Crippen LogP contribution in [0.25, 0.3) is 0 Å². The van der Waals surface area contributed by atoms with Crippen molar-refractivity contribution in [1.82, 2.24) is 14.5 Å². The van der Waals surface area contributed by atoms with Gasteiger partial charge in [-0.2, -0.15) is 0 Å². The maximum atomic E-state index is 14.1. The molecule has 1 amide bonds. The number of carbonyl (C=O) groups is 1. The molecule has 0 saturated carbocycles. The first-order chi connectivity index (χ1) is 13.6. The molecule has 0 saturated heterocycles. The molecule has 0 fully saturated rings. The van der Waals surface area contributed by atoms with Gasteiger partial charge in [0, 0.05) is 31.1 Å². The van der Waals surface area contributed by atoms with Crippen molar-refractivity contribution in [2.24, 2.45) is 0 Å². The summed E-state index contributed by atoms with van der Waals surface area (Å²) in [4.78, 5) is 18.8. The van der Waals surface area contributed by atoms with E-state index in [9.17, 15) is 9.18 Å². The lowest BCUT2D eigenvalue weighted by atomic mass is 10.2. The van der Waals surface area contributed by atoms with E-state index < -0.39 is 11.7 Å². The second kappa shape index (κ2) is 9.48. The Morgan fingerprint density at radius 2 is 1.96 bits per heavy atom. The quantitative estimate of drug-likeness (QED) is 0.573. The Kier molecular flexibility index (Phi) is 6.79. The van der Waals surface area contributed by atoms with E-state index in [4.69, 9.17) is 16.3 Å². The summed E-state index contributed by atoms with van der Waals surface area (Å²) in [7, 11) is 1.56. The highest BCUT2D eigenvalue weighted by Gasteiger charge is 2.21. The van der Waals surface area contributed by atoms with Crippen LogP contribution >= 0.6 is 11.6 Å². The van der Waals surface area contributed by atoms with Crippen LogP contribution in [0.2, 0.25) is 5.02 Å². The summed E-state index contributed by atoms with van der Waals surface area (Å²) < 4.78 is 21.1. The normalized spacial score (nSPS) is 10.8. The Morgan fingerprint density at radius 1 is 1.21 bits per heavy atom. The number of methoxy groups -OCH3 is 1. The van der Waals surface area contributed by atoms with Crippen LogP contribution in [0.5, 0.6) is 0 Å². The third-order valence-corrected chi connectivity index (χ3v) is 4.76. The zero-order valence-corrected chi connectivity index (χ0v) is 16.3. The molecule has 1 aromatic heterocycles. The highest BCUT2D eigenvalue weighted by molar-refractivity contribution is 6.31. The van der Waals surface area contributed by atoms with Gasteiger partial charge in [0.15, 0.2) is 0 Å². The molecule has 0 aliphatic carbocycles. The van der Waals surface area contributed by atoms with Gasteiger partial charge in [0.25, 0.3) is 5.91 Å². The van der Waals surface area contributed by atoms with Crippen LogP contribution in [0, 0.1) is 5.82 Å². The minimum atomic E-state index is -0.547. The largest absolute Gasteiger partial charge is 0.383 e. The van der Waals surface area contributed by atoms with Gasteiger partial charge in [-0.1, -0.05) is 41.9 Å². The number of nitrogens with zero attached hydrogens (tertiary/aromatic N) is 3. The fraction of sp³-hybridized carbons (Fsp3) is 0.238. The van der Waals surface area contributed by atoms with Crippen LogP contribution < -0.4 is 0 Å². The van der Waals surface area contributed by atoms with Crippen LogP contribution in [-0.2, 0) is 17.8 Å². The van der Waals surface area contributed by atoms with Crippen LogP contribution in [0.3, 0.4) is 0 Å². The highest BCUT2D eigenvalue weighted by Crippen LogP contribution is 2.18. The Labute approximate surface area is 168 Å². The van der Waals surface area contributed by atoms with Crippen molar-refractivity contribution in [3.63, 3.8) is 0 Å². The number of imidazole rings is 1. The van der Waals surface area contributed by atoms with Crippen LogP contribution in [0.15, 0.2) is 60.9 Å². The maximum absolute atomic E-state index is 14.1. The fourth-order valence-corrected chi connectivity index (χ4v) is 3.07. The van der Waals surface area contributed by atoms with Crippen molar-refractivity contribution in [3.05, 3.63) is 88.7 Å². The Bertz CT molecular complexity index is 945. The van der Waals surface area contributed by atoms with Gasteiger partial charge in [-0.15, -0.1) is 0 Å². The first kappa shape index (κ1) is 20.0. The van der Waals surface area contributed by atoms with Gasteiger partial charge in [-0.3, -0.25) is 4.79 Å². The SMILES string of the molecule is COCCN(Cc1nccn1Cc1ccccc1Cl)C(=O)c1ccccc1F. The molecule has 0 radical (unpaired) electrons. The van der Waals surface area contributed by atoms with Gasteiger partial charge >= 0.3 is 0 Å². The second-order valence-corrected chi connectivity index (χ2v) is 6.67. The van der Waals surface area contributed by atoms with Gasteiger partial charge in [-0.05, 0) is 23.8 Å². The number of hydrogen-bond donors (Lipinski definition) is 0. The molecule has 0 unspecified atom stereocenters. The van der Waals surface area contributed by atoms with Gasteiger partial charge < -0.3 is 14.2 Å². The number of rotatable bonds is 8. The standard InChI is InChI=1S/C21H21ClFN3O2/c1-28-13-12-26(21(27)17-7-3-5-9-19(17)23)15-20-24-10-11-25(20)14-16-6-2-4-8-18(16)22/h2-11H,12-15H2,1H3. The van der Waals surface area contributed by atoms with Gasteiger partial charge in [0.2, 0.25) is 0 Å². The molecule has 28 heavy (non-hydrogen) atoms. The van der Waals surface area contributed by atoms with Crippen LogP contribution in [-0.4, -0.2) is 40.6 Å². The molecule has 0 N–H and O–H groups in total. The molecule has 0 aliphatic heterocycles. The zero-order chi connectivity index (χ0) is 19.9. The zero-order valence-electron chi connectivity index (χ0n) is 15.5. The van der Waals surface area contributed by atoms with Crippen LogP contribution in [0.4, 0.5) is 4.39 Å². The molecule has 0 atom stereocenters. The molecule has 146 valence electrons. The average Bonchev–Trinajstić information content (AvgIpc) is 3.13. The summed E-state index contributed by atoms with van der Waals surface area (Å²) in [6.07, 6.45) is 3.51. The smallest absolute Gasteiger partial charge is 0.257 e. The molecule has 2 aromatic carbocycles. The van der Waals surface area contributed by atoms with E-state index in [0.29, 0.717) is 30.5 Å². The van der Waals surface area contributed by atoms with E-state index in [2.05, 4.69) is 4.98 Å². The first-order valence-electron chi connectivity index (χ1n) is 8.86. The molecule has 1 heterocycles. The highest BCUT2D eigenvalue weighted by atomic mass is 35.5. The summed E-state index contributed by atoms with van der Waals surface area (Å²) >= 11 is 6.26. The van der Waals surface area contributed by atoms with E-state index in [1.54, 1.807) is 25.4 Å². The first-order valence-corrected chi connectivity index (χ1v) is 9.24. The molecular formula is C21H21ClFN3O2. The molecular weight excluding hydrogens is 381 g/mol. The third kappa shape index (κ3) is 4.77. The predicted octanol–water partition coefficient (Wildman–Crippen LogP) is 4.01. The fourth-order valence-electron chi connectivity index (χ4n) is 2.88. The molecule has 7 heteroatoms. The molecule has 0 bridgehead atoms. The predicted molar refractivity (Wildman–Crippen MR) is 106 cm³/mol. The molecule has 0 spiro atoms. The number of aromatic nitrogens is 2. The van der Waals surface area contributed by atoms with E-state index in [0.717, 1.165) is 5.56 Å². The van der Waals surface area contributed by atoms with Crippen molar-refractivity contribution in [2.75, 3.05) is 20.3 Å². The third-order valence-electron chi connectivity index (χ3n) is 4.39. The average molecular weight is 402 g/mol. The van der Waals surface area contributed by atoms with Crippen molar-refractivity contribution >= 4 is 17.5 Å². The molecule has 3 rings (SSSR count). The second-order valence-electron chi connectivity index (χ2n) is 6.26. The van der Waals surface area contributed by atoms with E-state index in [-0.39, 0.29) is 12.1 Å². The summed E-state index contributed by atoms with van der Waals surface area (Å²) in [5, 5.41) is 0.667. The number of hydrogen-bond acceptors (Lipinski definition) is 3. The van der Waals surface area contributed by atoms with E-state index >= 15 is 0 Å². The number of amides is 1. The summed E-state index contributed by atoms with van der Waals surface area (Å²) in [5.74, 6) is -0.266. The van der Waals surface area contributed by atoms with E-state index in [1.807, 2.05) is 35.0 Å². The lowest BCUT2D eigenvalue weighted by Gasteiger charge is -2.23. The summed E-state index contributed by atoms with van der Waals surface area (Å²) in [6.45, 7) is 1.42. The van der Waals surface area contributed by atoms with Gasteiger partial charge in [0.1, 0.15) is 11.6 Å². The van der Waals surface area contributed by atoms with Gasteiger partial charge in [-0.25, -0.2) is 9.37 Å². The number of halogens is 2. The Balaban J connectivity index is 1.82. The van der Waals surface area contributed by atoms with Crippen LogP contribution in [0.1, 0.15) is 21.7 Å². The number of carbonyl (C=O) groups excluding carboxylic acids is 1. The van der Waals surface area contributed by atoms with Crippen molar-refractivity contribution in [3.8, 4) is 0 Å². The molecule has 5 nitrogen and oxygen atoms in total. The van der Waals surface area contributed by atoms with Gasteiger partial charge in [0.05, 0.1) is 25.3 Å². The maximum Gasteiger partial charge on any atom is 0.257 e. The number of benzene rings is 2. The molecule has 3 aromatic rings. The lowest BCUT2D eigenvalue weighted by Crippen LogP contribution is -2.35. The molecule has 0 aliphatic rings.